The number of carbonyl (C=O) groups excluding carboxylic acids is 1. The van der Waals surface area contributed by atoms with Crippen molar-refractivity contribution in [3.63, 3.8) is 0 Å². The molecule has 4 heteroatoms. The highest BCUT2D eigenvalue weighted by Crippen LogP contribution is 2.11. The molecule has 0 rings (SSSR count). The molecule has 0 fully saturated rings. The number of carbonyl (C=O) groups is 1. The minimum Gasteiger partial charge on any atom is -0.459 e. The summed E-state index contributed by atoms with van der Waals surface area (Å²) < 4.78 is 5.14. The van der Waals surface area contributed by atoms with E-state index in [4.69, 9.17) is 10.5 Å². The van der Waals surface area contributed by atoms with Crippen molar-refractivity contribution in [1.29, 1.82) is 0 Å². The molecule has 0 saturated heterocycles. The van der Waals surface area contributed by atoms with Gasteiger partial charge in [0, 0.05) is 0 Å². The van der Waals surface area contributed by atoms with Crippen molar-refractivity contribution in [3.05, 3.63) is 0 Å². The highest BCUT2D eigenvalue weighted by Gasteiger charge is 2.22. The van der Waals surface area contributed by atoms with E-state index >= 15 is 0 Å². The van der Waals surface area contributed by atoms with Crippen LogP contribution in [-0.4, -0.2) is 23.1 Å². The van der Waals surface area contributed by atoms with E-state index in [1.807, 2.05) is 34.6 Å². The number of esters is 1. The minimum absolute atomic E-state index is 0. The van der Waals surface area contributed by atoms with Crippen LogP contribution in [0.2, 0.25) is 0 Å². The normalized spacial score (nSPS) is 13.4. The van der Waals surface area contributed by atoms with Crippen LogP contribution in [0.5, 0.6) is 0 Å². The Labute approximate surface area is 86.1 Å². The van der Waals surface area contributed by atoms with Gasteiger partial charge in [-0.3, -0.25) is 4.79 Å². The SMILES string of the molecule is CC(C)C[C@H](N)C(=O)OC(C)(C)C.O. The summed E-state index contributed by atoms with van der Waals surface area (Å²) in [6.45, 7) is 9.58. The number of hydrogen-bond donors (Lipinski definition) is 1. The van der Waals surface area contributed by atoms with Crippen molar-refractivity contribution in [2.75, 3.05) is 0 Å². The lowest BCUT2D eigenvalue weighted by Crippen LogP contribution is -2.38. The van der Waals surface area contributed by atoms with Gasteiger partial charge in [0.15, 0.2) is 0 Å². The molecule has 4 nitrogen and oxygen atoms in total. The van der Waals surface area contributed by atoms with Crippen LogP contribution in [0.25, 0.3) is 0 Å². The Morgan fingerprint density at radius 1 is 1.36 bits per heavy atom. The van der Waals surface area contributed by atoms with Gasteiger partial charge in [0.25, 0.3) is 0 Å². The molecule has 86 valence electrons. The van der Waals surface area contributed by atoms with E-state index in [0.717, 1.165) is 0 Å². The lowest BCUT2D eigenvalue weighted by Gasteiger charge is -2.22. The van der Waals surface area contributed by atoms with Crippen molar-refractivity contribution in [2.24, 2.45) is 11.7 Å². The zero-order valence-corrected chi connectivity index (χ0v) is 9.76. The van der Waals surface area contributed by atoms with E-state index in [1.165, 1.54) is 0 Å². The molecule has 0 unspecified atom stereocenters. The van der Waals surface area contributed by atoms with Gasteiger partial charge in [-0.25, -0.2) is 0 Å². The second-order valence-electron chi connectivity index (χ2n) is 4.77. The van der Waals surface area contributed by atoms with Gasteiger partial charge in [-0.15, -0.1) is 0 Å². The molecule has 0 aliphatic heterocycles. The summed E-state index contributed by atoms with van der Waals surface area (Å²) in [6.07, 6.45) is 0.676. The van der Waals surface area contributed by atoms with Crippen LogP contribution in [0.3, 0.4) is 0 Å². The highest BCUT2D eigenvalue weighted by atomic mass is 16.6. The van der Waals surface area contributed by atoms with E-state index in [1.54, 1.807) is 0 Å². The monoisotopic (exact) mass is 205 g/mol. The average molecular weight is 205 g/mol. The predicted molar refractivity (Wildman–Crippen MR) is 56.9 cm³/mol. The molecule has 0 aliphatic rings. The second-order valence-corrected chi connectivity index (χ2v) is 4.77. The first kappa shape index (κ1) is 15.8. The van der Waals surface area contributed by atoms with Gasteiger partial charge >= 0.3 is 5.97 Å². The quantitative estimate of drug-likeness (QED) is 0.694. The zero-order valence-electron chi connectivity index (χ0n) is 9.76. The molecule has 14 heavy (non-hydrogen) atoms. The van der Waals surface area contributed by atoms with Gasteiger partial charge < -0.3 is 15.9 Å². The van der Waals surface area contributed by atoms with Crippen molar-refractivity contribution in [1.82, 2.24) is 0 Å². The predicted octanol–water partition coefficient (Wildman–Crippen LogP) is 0.877. The molecular formula is C10H23NO3. The first-order valence-corrected chi connectivity index (χ1v) is 4.71. The van der Waals surface area contributed by atoms with E-state index in [-0.39, 0.29) is 11.4 Å². The maximum Gasteiger partial charge on any atom is 0.323 e. The van der Waals surface area contributed by atoms with Crippen molar-refractivity contribution >= 4 is 5.97 Å². The molecule has 0 aliphatic carbocycles. The molecule has 0 heterocycles. The van der Waals surface area contributed by atoms with Crippen LogP contribution >= 0.6 is 0 Å². The Hall–Kier alpha value is -0.610. The maximum absolute atomic E-state index is 11.3. The van der Waals surface area contributed by atoms with Crippen LogP contribution in [0.15, 0.2) is 0 Å². The summed E-state index contributed by atoms with van der Waals surface area (Å²) in [6, 6.07) is -0.487. The van der Waals surface area contributed by atoms with E-state index in [0.29, 0.717) is 12.3 Å². The molecule has 0 radical (unpaired) electrons. The lowest BCUT2D eigenvalue weighted by atomic mass is 10.0. The molecule has 0 spiro atoms. The van der Waals surface area contributed by atoms with E-state index in [2.05, 4.69) is 0 Å². The number of rotatable bonds is 3. The third kappa shape index (κ3) is 8.01. The summed E-state index contributed by atoms with van der Waals surface area (Å²) in [5.74, 6) is 0.115. The standard InChI is InChI=1S/C10H21NO2.H2O/c1-7(2)6-8(11)9(12)13-10(3,4)5;/h7-8H,6,11H2,1-5H3;1H2/t8-;/m0./s1. The molecule has 0 amide bonds. The fourth-order valence-electron chi connectivity index (χ4n) is 0.982. The molecule has 0 aromatic heterocycles. The van der Waals surface area contributed by atoms with Crippen molar-refractivity contribution in [2.45, 2.75) is 52.7 Å². The number of nitrogens with two attached hydrogens (primary N) is 1. The van der Waals surface area contributed by atoms with Gasteiger partial charge in [-0.2, -0.15) is 0 Å². The maximum atomic E-state index is 11.3. The average Bonchev–Trinajstić information content (AvgIpc) is 1.81. The summed E-state index contributed by atoms with van der Waals surface area (Å²) in [4.78, 5) is 11.3. The fraction of sp³-hybridized carbons (Fsp3) is 0.900. The van der Waals surface area contributed by atoms with Gasteiger partial charge in [-0.1, -0.05) is 13.8 Å². The van der Waals surface area contributed by atoms with Crippen LogP contribution < -0.4 is 5.73 Å². The van der Waals surface area contributed by atoms with Gasteiger partial charge in [0.05, 0.1) is 0 Å². The third-order valence-electron chi connectivity index (χ3n) is 1.43. The van der Waals surface area contributed by atoms with Crippen LogP contribution in [-0.2, 0) is 9.53 Å². The van der Waals surface area contributed by atoms with Crippen LogP contribution in [0.4, 0.5) is 0 Å². The van der Waals surface area contributed by atoms with Crippen LogP contribution in [0, 0.1) is 5.92 Å². The summed E-state index contributed by atoms with van der Waals surface area (Å²) in [5.41, 5.74) is 5.21. The minimum atomic E-state index is -0.487. The zero-order chi connectivity index (χ0) is 10.6. The molecule has 0 aromatic carbocycles. The Morgan fingerprint density at radius 2 is 1.79 bits per heavy atom. The lowest BCUT2D eigenvalue weighted by molar-refractivity contribution is -0.156. The molecular weight excluding hydrogens is 182 g/mol. The van der Waals surface area contributed by atoms with Gasteiger partial charge in [0.1, 0.15) is 11.6 Å². The molecule has 0 aromatic rings. The fourth-order valence-corrected chi connectivity index (χ4v) is 0.982. The topological polar surface area (TPSA) is 83.8 Å². The van der Waals surface area contributed by atoms with Gasteiger partial charge in [-0.05, 0) is 33.1 Å². The molecule has 0 saturated carbocycles. The Morgan fingerprint density at radius 3 is 2.07 bits per heavy atom. The van der Waals surface area contributed by atoms with Gasteiger partial charge in [0.2, 0.25) is 0 Å². The van der Waals surface area contributed by atoms with E-state index < -0.39 is 11.6 Å². The summed E-state index contributed by atoms with van der Waals surface area (Å²) >= 11 is 0. The largest absolute Gasteiger partial charge is 0.459 e. The molecule has 4 N–H and O–H groups in total. The summed E-state index contributed by atoms with van der Waals surface area (Å²) in [5, 5.41) is 0. The smallest absolute Gasteiger partial charge is 0.323 e. The van der Waals surface area contributed by atoms with E-state index in [9.17, 15) is 4.79 Å². The van der Waals surface area contributed by atoms with Crippen LogP contribution in [0.1, 0.15) is 41.0 Å². The first-order valence-electron chi connectivity index (χ1n) is 4.71. The third-order valence-corrected chi connectivity index (χ3v) is 1.43. The Kier molecular flexibility index (Phi) is 6.77. The summed E-state index contributed by atoms with van der Waals surface area (Å²) in [7, 11) is 0. The highest BCUT2D eigenvalue weighted by molar-refractivity contribution is 5.75. The molecule has 0 bridgehead atoms. The Balaban J connectivity index is 0. The number of ether oxygens (including phenoxy) is 1. The second kappa shape index (κ2) is 5.98. The number of hydrogen-bond acceptors (Lipinski definition) is 3. The van der Waals surface area contributed by atoms with Crippen molar-refractivity contribution < 1.29 is 15.0 Å². The first-order chi connectivity index (χ1) is 5.72. The Bertz CT molecular complexity index is 173. The molecule has 1 atom stereocenters. The van der Waals surface area contributed by atoms with Crippen molar-refractivity contribution in [3.8, 4) is 0 Å².